The van der Waals surface area contributed by atoms with Gasteiger partial charge in [-0.2, -0.15) is 4.72 Å². The number of carboxylic acids is 1. The monoisotopic (exact) mass is 244 g/mol. The number of hydrogen-bond acceptors (Lipinski definition) is 4. The molecule has 0 aliphatic carbocycles. The molecule has 1 atom stereocenters. The average Bonchev–Trinajstić information content (AvgIpc) is 2.27. The Balaban J connectivity index is 2.92. The summed E-state index contributed by atoms with van der Waals surface area (Å²) in [5.74, 6) is -1.30. The van der Waals surface area contributed by atoms with Crippen molar-refractivity contribution in [1.29, 1.82) is 0 Å². The largest absolute Gasteiger partial charge is 0.480 e. The fourth-order valence-corrected chi connectivity index (χ4v) is 2.28. The number of hydrogen-bond donors (Lipinski definition) is 3. The standard InChI is InChI=1S/C9H12N2O4S/c10-6-8(9(12)13)11-16(14,15)7-4-2-1-3-5-7/h1-5,8,11H,6,10H2,(H,12,13). The molecule has 0 saturated carbocycles. The molecule has 0 amide bonds. The maximum absolute atomic E-state index is 11.7. The summed E-state index contributed by atoms with van der Waals surface area (Å²) < 4.78 is 25.4. The fraction of sp³-hybridized carbons (Fsp3) is 0.222. The van der Waals surface area contributed by atoms with Crippen LogP contribution in [0.5, 0.6) is 0 Å². The number of rotatable bonds is 5. The number of nitrogens with two attached hydrogens (primary N) is 1. The molecule has 0 aromatic heterocycles. The van der Waals surface area contributed by atoms with Crippen LogP contribution in [0.15, 0.2) is 35.2 Å². The van der Waals surface area contributed by atoms with Gasteiger partial charge in [-0.3, -0.25) is 4.79 Å². The number of aliphatic carboxylic acids is 1. The third kappa shape index (κ3) is 3.02. The normalized spacial score (nSPS) is 13.3. The summed E-state index contributed by atoms with van der Waals surface area (Å²) in [6.07, 6.45) is 0. The van der Waals surface area contributed by atoms with E-state index in [0.717, 1.165) is 0 Å². The van der Waals surface area contributed by atoms with Crippen LogP contribution in [0.4, 0.5) is 0 Å². The Kier molecular flexibility index (Phi) is 3.99. The van der Waals surface area contributed by atoms with E-state index in [1.807, 2.05) is 4.72 Å². The van der Waals surface area contributed by atoms with Crippen LogP contribution in [0.2, 0.25) is 0 Å². The van der Waals surface area contributed by atoms with Crippen LogP contribution in [0.1, 0.15) is 0 Å². The highest BCUT2D eigenvalue weighted by Gasteiger charge is 2.23. The molecule has 0 bridgehead atoms. The minimum Gasteiger partial charge on any atom is -0.480 e. The molecule has 16 heavy (non-hydrogen) atoms. The summed E-state index contributed by atoms with van der Waals surface area (Å²) in [5, 5.41) is 8.68. The van der Waals surface area contributed by atoms with Crippen LogP contribution in [-0.2, 0) is 14.8 Å². The molecule has 6 nitrogen and oxygen atoms in total. The van der Waals surface area contributed by atoms with Crippen molar-refractivity contribution in [3.63, 3.8) is 0 Å². The average molecular weight is 244 g/mol. The van der Waals surface area contributed by atoms with Crippen LogP contribution in [0, 0.1) is 0 Å². The van der Waals surface area contributed by atoms with E-state index >= 15 is 0 Å². The van der Waals surface area contributed by atoms with E-state index < -0.39 is 22.0 Å². The highest BCUT2D eigenvalue weighted by molar-refractivity contribution is 7.89. The second-order valence-electron chi connectivity index (χ2n) is 3.06. The Morgan fingerprint density at radius 3 is 2.38 bits per heavy atom. The zero-order valence-electron chi connectivity index (χ0n) is 8.33. The van der Waals surface area contributed by atoms with Crippen LogP contribution in [0.3, 0.4) is 0 Å². The molecule has 4 N–H and O–H groups in total. The van der Waals surface area contributed by atoms with Gasteiger partial charge in [0, 0.05) is 6.54 Å². The van der Waals surface area contributed by atoms with Gasteiger partial charge in [0.25, 0.3) is 0 Å². The smallest absolute Gasteiger partial charge is 0.323 e. The van der Waals surface area contributed by atoms with Gasteiger partial charge in [-0.25, -0.2) is 8.42 Å². The van der Waals surface area contributed by atoms with Crippen LogP contribution in [0.25, 0.3) is 0 Å². The fourth-order valence-electron chi connectivity index (χ4n) is 1.05. The van der Waals surface area contributed by atoms with Gasteiger partial charge in [-0.05, 0) is 12.1 Å². The Labute approximate surface area is 93.1 Å². The summed E-state index contributed by atoms with van der Waals surface area (Å²) in [6.45, 7) is -0.304. The summed E-state index contributed by atoms with van der Waals surface area (Å²) >= 11 is 0. The summed E-state index contributed by atoms with van der Waals surface area (Å²) in [6, 6.07) is 6.19. The Bertz CT molecular complexity index is 458. The topological polar surface area (TPSA) is 109 Å². The second kappa shape index (κ2) is 5.06. The van der Waals surface area contributed by atoms with Crippen LogP contribution >= 0.6 is 0 Å². The lowest BCUT2D eigenvalue weighted by Gasteiger charge is -2.12. The predicted octanol–water partition coefficient (Wildman–Crippen LogP) is -0.623. The van der Waals surface area contributed by atoms with Crippen molar-refractivity contribution in [2.45, 2.75) is 10.9 Å². The van der Waals surface area contributed by atoms with Gasteiger partial charge in [0.2, 0.25) is 10.0 Å². The number of carboxylic acid groups (broad SMARTS) is 1. The van der Waals surface area contributed by atoms with Gasteiger partial charge < -0.3 is 10.8 Å². The summed E-state index contributed by atoms with van der Waals surface area (Å²) in [7, 11) is -3.83. The molecule has 1 rings (SSSR count). The quantitative estimate of drug-likeness (QED) is 0.639. The molecule has 0 heterocycles. The van der Waals surface area contributed by atoms with Crippen molar-refractivity contribution in [2.24, 2.45) is 5.73 Å². The zero-order valence-corrected chi connectivity index (χ0v) is 9.15. The highest BCUT2D eigenvalue weighted by Crippen LogP contribution is 2.07. The molecule has 7 heteroatoms. The maximum Gasteiger partial charge on any atom is 0.323 e. The van der Waals surface area contributed by atoms with Crippen molar-refractivity contribution in [2.75, 3.05) is 6.54 Å². The van der Waals surface area contributed by atoms with Crippen molar-refractivity contribution in [3.05, 3.63) is 30.3 Å². The molecule has 0 fully saturated rings. The van der Waals surface area contributed by atoms with E-state index in [1.165, 1.54) is 12.1 Å². The first kappa shape index (κ1) is 12.6. The van der Waals surface area contributed by atoms with E-state index in [4.69, 9.17) is 10.8 Å². The number of sulfonamides is 1. The lowest BCUT2D eigenvalue weighted by atomic mass is 10.3. The Hall–Kier alpha value is -1.44. The van der Waals surface area contributed by atoms with Gasteiger partial charge in [-0.15, -0.1) is 0 Å². The van der Waals surface area contributed by atoms with Crippen LogP contribution in [-0.4, -0.2) is 32.1 Å². The molecule has 0 aliphatic rings. The highest BCUT2D eigenvalue weighted by atomic mass is 32.2. The zero-order chi connectivity index (χ0) is 12.2. The molecule has 1 unspecified atom stereocenters. The van der Waals surface area contributed by atoms with E-state index in [9.17, 15) is 13.2 Å². The summed E-state index contributed by atoms with van der Waals surface area (Å²) in [4.78, 5) is 10.6. The van der Waals surface area contributed by atoms with Crippen molar-refractivity contribution < 1.29 is 18.3 Å². The Morgan fingerprint density at radius 2 is 1.94 bits per heavy atom. The predicted molar refractivity (Wildman–Crippen MR) is 57.2 cm³/mol. The third-order valence-electron chi connectivity index (χ3n) is 1.88. The van der Waals surface area contributed by atoms with Crippen molar-refractivity contribution in [1.82, 2.24) is 4.72 Å². The molecular formula is C9H12N2O4S. The van der Waals surface area contributed by atoms with Crippen LogP contribution < -0.4 is 10.5 Å². The van der Waals surface area contributed by atoms with Crippen molar-refractivity contribution in [3.8, 4) is 0 Å². The van der Waals surface area contributed by atoms with E-state index in [1.54, 1.807) is 18.2 Å². The van der Waals surface area contributed by atoms with E-state index in [2.05, 4.69) is 0 Å². The second-order valence-corrected chi connectivity index (χ2v) is 4.77. The van der Waals surface area contributed by atoms with Gasteiger partial charge in [0.15, 0.2) is 0 Å². The SMILES string of the molecule is NCC(NS(=O)(=O)c1ccccc1)C(=O)O. The molecule has 1 aromatic rings. The molecule has 88 valence electrons. The van der Waals surface area contributed by atoms with Gasteiger partial charge >= 0.3 is 5.97 Å². The molecular weight excluding hydrogens is 232 g/mol. The van der Waals surface area contributed by atoms with E-state index in [0.29, 0.717) is 0 Å². The number of benzene rings is 1. The molecule has 1 aromatic carbocycles. The minimum absolute atomic E-state index is 0.00898. The first-order chi connectivity index (χ1) is 7.47. The third-order valence-corrected chi connectivity index (χ3v) is 3.37. The van der Waals surface area contributed by atoms with Gasteiger partial charge in [0.05, 0.1) is 4.90 Å². The molecule has 0 aliphatic heterocycles. The van der Waals surface area contributed by atoms with Crippen molar-refractivity contribution >= 4 is 16.0 Å². The van der Waals surface area contributed by atoms with Gasteiger partial charge in [0.1, 0.15) is 6.04 Å². The maximum atomic E-state index is 11.7. The first-order valence-corrected chi connectivity index (χ1v) is 5.96. The summed E-state index contributed by atoms with van der Waals surface area (Å²) in [5.41, 5.74) is 5.15. The number of nitrogens with one attached hydrogen (secondary N) is 1. The lowest BCUT2D eigenvalue weighted by Crippen LogP contribution is -2.45. The lowest BCUT2D eigenvalue weighted by molar-refractivity contribution is -0.138. The Morgan fingerprint density at radius 1 is 1.38 bits per heavy atom. The van der Waals surface area contributed by atoms with Gasteiger partial charge in [-0.1, -0.05) is 18.2 Å². The first-order valence-electron chi connectivity index (χ1n) is 4.47. The minimum atomic E-state index is -3.83. The van der Waals surface area contributed by atoms with E-state index in [-0.39, 0.29) is 11.4 Å². The molecule has 0 radical (unpaired) electrons. The number of carbonyl (C=O) groups is 1. The molecule has 0 spiro atoms. The molecule has 0 saturated heterocycles.